The lowest BCUT2D eigenvalue weighted by atomic mass is 10.1. The number of nitro benzene ring substituents is 2. The van der Waals surface area contributed by atoms with E-state index in [4.69, 9.17) is 0 Å². The lowest BCUT2D eigenvalue weighted by molar-refractivity contribution is -0.393. The van der Waals surface area contributed by atoms with Crippen LogP contribution in [-0.4, -0.2) is 29.2 Å². The molecule has 0 saturated carbocycles. The standard InChI is InChI=1S/C23H31N5O4/c1-3-5-7-15-26(16-8-6-4-2)20-11-9-19(10-12-20)18-24-25-22-14-13-21(27(29)30)17-23(22)28(31)32/h9-14,17-18,25H,3-8,15-16H2,1-2H3. The molecule has 0 aliphatic carbocycles. The van der Waals surface area contributed by atoms with Gasteiger partial charge in [0.15, 0.2) is 0 Å². The second-order valence-corrected chi connectivity index (χ2v) is 7.58. The summed E-state index contributed by atoms with van der Waals surface area (Å²) in [6, 6.07) is 11.4. The van der Waals surface area contributed by atoms with Crippen molar-refractivity contribution in [3.63, 3.8) is 0 Å². The van der Waals surface area contributed by atoms with Crippen molar-refractivity contribution in [2.24, 2.45) is 5.10 Å². The van der Waals surface area contributed by atoms with Gasteiger partial charge in [-0.1, -0.05) is 51.7 Å². The van der Waals surface area contributed by atoms with Crippen LogP contribution in [0.1, 0.15) is 57.9 Å². The van der Waals surface area contributed by atoms with Crippen LogP contribution in [0.5, 0.6) is 0 Å². The number of nitrogens with one attached hydrogen (secondary N) is 1. The van der Waals surface area contributed by atoms with Gasteiger partial charge in [-0.15, -0.1) is 0 Å². The Morgan fingerprint density at radius 1 is 0.906 bits per heavy atom. The zero-order valence-electron chi connectivity index (χ0n) is 18.7. The molecule has 32 heavy (non-hydrogen) atoms. The number of hydrazone groups is 1. The minimum absolute atomic E-state index is 0.0893. The molecule has 2 aromatic rings. The molecule has 0 atom stereocenters. The van der Waals surface area contributed by atoms with E-state index in [0.29, 0.717) is 0 Å². The number of benzene rings is 2. The van der Waals surface area contributed by atoms with Gasteiger partial charge >= 0.3 is 5.69 Å². The SMILES string of the molecule is CCCCCN(CCCCC)c1ccc(C=NNc2ccc([N+](=O)[O-])cc2[N+](=O)[O-])cc1. The number of rotatable bonds is 14. The van der Waals surface area contributed by atoms with Gasteiger partial charge in [0.2, 0.25) is 0 Å². The Labute approximate surface area is 188 Å². The van der Waals surface area contributed by atoms with Gasteiger partial charge in [-0.25, -0.2) is 0 Å². The summed E-state index contributed by atoms with van der Waals surface area (Å²) in [5, 5.41) is 26.1. The van der Waals surface area contributed by atoms with Gasteiger partial charge in [-0.05, 0) is 36.6 Å². The minimum atomic E-state index is -0.675. The van der Waals surface area contributed by atoms with E-state index in [0.717, 1.165) is 24.7 Å². The molecular formula is C23H31N5O4. The average Bonchev–Trinajstić information content (AvgIpc) is 2.78. The zero-order valence-corrected chi connectivity index (χ0v) is 18.7. The predicted molar refractivity (Wildman–Crippen MR) is 129 cm³/mol. The summed E-state index contributed by atoms with van der Waals surface area (Å²) in [6.45, 7) is 6.48. The molecule has 0 bridgehead atoms. The fraction of sp³-hybridized carbons (Fsp3) is 0.435. The van der Waals surface area contributed by atoms with E-state index in [9.17, 15) is 20.2 Å². The van der Waals surface area contributed by atoms with Crippen LogP contribution in [0.2, 0.25) is 0 Å². The van der Waals surface area contributed by atoms with Crippen molar-refractivity contribution in [1.82, 2.24) is 0 Å². The number of nitrogens with zero attached hydrogens (tertiary/aromatic N) is 4. The third kappa shape index (κ3) is 7.64. The van der Waals surface area contributed by atoms with E-state index in [-0.39, 0.29) is 11.4 Å². The minimum Gasteiger partial charge on any atom is -0.372 e. The molecule has 0 aromatic heterocycles. The fourth-order valence-electron chi connectivity index (χ4n) is 3.30. The van der Waals surface area contributed by atoms with Gasteiger partial charge < -0.3 is 4.90 Å². The topological polar surface area (TPSA) is 114 Å². The van der Waals surface area contributed by atoms with Gasteiger partial charge in [0.05, 0.1) is 22.1 Å². The number of non-ortho nitro benzene ring substituents is 1. The lowest BCUT2D eigenvalue weighted by Gasteiger charge is -2.25. The van der Waals surface area contributed by atoms with Gasteiger partial charge in [-0.2, -0.15) is 5.10 Å². The highest BCUT2D eigenvalue weighted by molar-refractivity contribution is 5.81. The van der Waals surface area contributed by atoms with Crippen molar-refractivity contribution >= 4 is 29.0 Å². The molecule has 9 heteroatoms. The van der Waals surface area contributed by atoms with E-state index < -0.39 is 15.5 Å². The fourth-order valence-corrected chi connectivity index (χ4v) is 3.30. The van der Waals surface area contributed by atoms with E-state index in [1.54, 1.807) is 6.21 Å². The molecule has 9 nitrogen and oxygen atoms in total. The molecule has 2 rings (SSSR count). The van der Waals surface area contributed by atoms with Crippen molar-refractivity contribution in [3.05, 3.63) is 68.3 Å². The molecule has 0 aliphatic heterocycles. The molecule has 0 unspecified atom stereocenters. The Bertz CT molecular complexity index is 905. The molecule has 0 spiro atoms. The molecule has 0 aliphatic rings. The molecule has 0 heterocycles. The molecule has 172 valence electrons. The first-order valence-electron chi connectivity index (χ1n) is 11.0. The number of nitro groups is 2. The van der Waals surface area contributed by atoms with Crippen LogP contribution in [0.15, 0.2) is 47.6 Å². The van der Waals surface area contributed by atoms with Gasteiger partial charge in [0.25, 0.3) is 5.69 Å². The molecule has 0 radical (unpaired) electrons. The second-order valence-electron chi connectivity index (χ2n) is 7.58. The first kappa shape index (κ1) is 24.8. The van der Waals surface area contributed by atoms with Gasteiger partial charge in [0, 0.05) is 24.8 Å². The largest absolute Gasteiger partial charge is 0.372 e. The Hall–Kier alpha value is -3.49. The van der Waals surface area contributed by atoms with Crippen LogP contribution in [0.4, 0.5) is 22.7 Å². The zero-order chi connectivity index (χ0) is 23.3. The highest BCUT2D eigenvalue weighted by Gasteiger charge is 2.19. The van der Waals surface area contributed by atoms with Crippen LogP contribution < -0.4 is 10.3 Å². The monoisotopic (exact) mass is 441 g/mol. The predicted octanol–water partition coefficient (Wildman–Crippen LogP) is 6.14. The summed E-state index contributed by atoms with van der Waals surface area (Å²) in [4.78, 5) is 23.1. The van der Waals surface area contributed by atoms with E-state index in [1.165, 1.54) is 56.3 Å². The summed E-state index contributed by atoms with van der Waals surface area (Å²) < 4.78 is 0. The third-order valence-corrected chi connectivity index (χ3v) is 5.11. The Balaban J connectivity index is 2.06. The van der Waals surface area contributed by atoms with Crippen LogP contribution in [0.3, 0.4) is 0 Å². The van der Waals surface area contributed by atoms with Crippen molar-refractivity contribution < 1.29 is 9.85 Å². The first-order chi connectivity index (χ1) is 15.5. The Kier molecular flexibility index (Phi) is 10.1. The van der Waals surface area contributed by atoms with Crippen LogP contribution in [-0.2, 0) is 0 Å². The summed E-state index contributed by atoms with van der Waals surface area (Å²) in [7, 11) is 0. The number of hydrogen-bond acceptors (Lipinski definition) is 7. The highest BCUT2D eigenvalue weighted by atomic mass is 16.6. The average molecular weight is 442 g/mol. The lowest BCUT2D eigenvalue weighted by Crippen LogP contribution is -2.25. The second kappa shape index (κ2) is 13.0. The van der Waals surface area contributed by atoms with Crippen LogP contribution in [0, 0.1) is 20.2 Å². The van der Waals surface area contributed by atoms with Crippen LogP contribution in [0.25, 0.3) is 0 Å². The molecule has 2 aromatic carbocycles. The van der Waals surface area contributed by atoms with Gasteiger partial charge in [-0.3, -0.25) is 25.7 Å². The highest BCUT2D eigenvalue weighted by Crippen LogP contribution is 2.28. The van der Waals surface area contributed by atoms with Gasteiger partial charge in [0.1, 0.15) is 5.69 Å². The quantitative estimate of drug-likeness (QED) is 0.163. The maximum absolute atomic E-state index is 11.2. The first-order valence-corrected chi connectivity index (χ1v) is 11.0. The summed E-state index contributed by atoms with van der Waals surface area (Å²) in [5.41, 5.74) is 3.97. The Morgan fingerprint density at radius 3 is 2.06 bits per heavy atom. The smallest absolute Gasteiger partial charge is 0.301 e. The number of anilines is 2. The summed E-state index contributed by atoms with van der Waals surface area (Å²) in [5.74, 6) is 0. The molecule has 1 N–H and O–H groups in total. The molecule has 0 saturated heterocycles. The van der Waals surface area contributed by atoms with E-state index >= 15 is 0 Å². The maximum atomic E-state index is 11.2. The molecule has 0 fully saturated rings. The Morgan fingerprint density at radius 2 is 1.53 bits per heavy atom. The maximum Gasteiger partial charge on any atom is 0.301 e. The normalized spacial score (nSPS) is 10.9. The number of unbranched alkanes of at least 4 members (excludes halogenated alkanes) is 4. The van der Waals surface area contributed by atoms with Crippen LogP contribution >= 0.6 is 0 Å². The molecular weight excluding hydrogens is 410 g/mol. The van der Waals surface area contributed by atoms with Crippen molar-refractivity contribution in [3.8, 4) is 0 Å². The summed E-state index contributed by atoms with van der Waals surface area (Å²) >= 11 is 0. The summed E-state index contributed by atoms with van der Waals surface area (Å²) in [6.07, 6.45) is 8.72. The van der Waals surface area contributed by atoms with Crippen molar-refractivity contribution in [2.45, 2.75) is 52.4 Å². The number of hydrogen-bond donors (Lipinski definition) is 1. The van der Waals surface area contributed by atoms with Crippen molar-refractivity contribution in [1.29, 1.82) is 0 Å². The van der Waals surface area contributed by atoms with E-state index in [2.05, 4.69) is 41.4 Å². The third-order valence-electron chi connectivity index (χ3n) is 5.11. The van der Waals surface area contributed by atoms with E-state index in [1.807, 2.05) is 12.1 Å². The van der Waals surface area contributed by atoms with Crippen molar-refractivity contribution in [2.75, 3.05) is 23.4 Å². The molecule has 0 amide bonds.